The number of ether oxygens (including phenoxy) is 1. The molecule has 0 aliphatic heterocycles. The summed E-state index contributed by atoms with van der Waals surface area (Å²) in [6, 6.07) is 20.1. The van der Waals surface area contributed by atoms with Crippen LogP contribution in [0.3, 0.4) is 0 Å². The number of benzene rings is 1. The fourth-order valence-electron chi connectivity index (χ4n) is 1.68. The SMILES string of the molecule is N#CC(C#N)=C(Oc1cccccc1=O)c1ccccc1. The Balaban J connectivity index is 2.58. The van der Waals surface area contributed by atoms with Crippen molar-refractivity contribution in [1.29, 1.82) is 10.5 Å². The molecule has 2 aromatic rings. The molecule has 0 atom stereocenters. The normalized spacial score (nSPS) is 9.05. The molecule has 4 heteroatoms. The molecule has 4 nitrogen and oxygen atoms in total. The van der Waals surface area contributed by atoms with Crippen molar-refractivity contribution in [3.63, 3.8) is 0 Å². The van der Waals surface area contributed by atoms with Gasteiger partial charge in [0.2, 0.25) is 5.43 Å². The maximum Gasteiger partial charge on any atom is 0.221 e. The molecule has 0 saturated carbocycles. The maximum absolute atomic E-state index is 11.9. The van der Waals surface area contributed by atoms with E-state index in [9.17, 15) is 4.79 Å². The Kier molecular flexibility index (Phi) is 4.48. The van der Waals surface area contributed by atoms with Crippen molar-refractivity contribution in [2.75, 3.05) is 0 Å². The highest BCUT2D eigenvalue weighted by atomic mass is 16.5. The minimum Gasteiger partial charge on any atom is -0.450 e. The first-order chi connectivity index (χ1) is 10.3. The summed E-state index contributed by atoms with van der Waals surface area (Å²) in [5, 5.41) is 18.1. The van der Waals surface area contributed by atoms with E-state index in [-0.39, 0.29) is 22.5 Å². The molecule has 0 aliphatic carbocycles. The van der Waals surface area contributed by atoms with E-state index in [2.05, 4.69) is 0 Å². The summed E-state index contributed by atoms with van der Waals surface area (Å²) in [6.07, 6.45) is 0. The van der Waals surface area contributed by atoms with Gasteiger partial charge in [-0.05, 0) is 12.1 Å². The molecule has 0 N–H and O–H groups in total. The van der Waals surface area contributed by atoms with Crippen LogP contribution in [-0.4, -0.2) is 0 Å². The van der Waals surface area contributed by atoms with Crippen molar-refractivity contribution < 1.29 is 4.74 Å². The Labute approximate surface area is 121 Å². The van der Waals surface area contributed by atoms with E-state index >= 15 is 0 Å². The fourth-order valence-corrected chi connectivity index (χ4v) is 1.68. The molecular weight excluding hydrogens is 264 g/mol. The van der Waals surface area contributed by atoms with Crippen molar-refractivity contribution in [2.45, 2.75) is 0 Å². The monoisotopic (exact) mass is 274 g/mol. The van der Waals surface area contributed by atoms with Crippen molar-refractivity contribution >= 4 is 5.76 Å². The molecule has 2 rings (SSSR count). The third-order valence-corrected chi connectivity index (χ3v) is 2.66. The number of rotatable bonds is 3. The lowest BCUT2D eigenvalue weighted by molar-refractivity contribution is 0.509. The maximum atomic E-state index is 11.9. The largest absolute Gasteiger partial charge is 0.450 e. The molecule has 2 aromatic carbocycles. The zero-order chi connectivity index (χ0) is 15.1. The summed E-state index contributed by atoms with van der Waals surface area (Å²) in [7, 11) is 0. The smallest absolute Gasteiger partial charge is 0.221 e. The lowest BCUT2D eigenvalue weighted by atomic mass is 10.1. The Morgan fingerprint density at radius 1 is 0.857 bits per heavy atom. The molecule has 0 amide bonds. The summed E-state index contributed by atoms with van der Waals surface area (Å²) in [5.74, 6) is 0.130. The lowest BCUT2D eigenvalue weighted by Gasteiger charge is -2.08. The molecule has 0 saturated heterocycles. The van der Waals surface area contributed by atoms with Crippen molar-refractivity contribution in [2.24, 2.45) is 0 Å². The second kappa shape index (κ2) is 6.70. The first-order valence-electron chi connectivity index (χ1n) is 6.13. The third kappa shape index (κ3) is 3.34. The van der Waals surface area contributed by atoms with Gasteiger partial charge in [-0.15, -0.1) is 0 Å². The van der Waals surface area contributed by atoms with E-state index in [0.717, 1.165) is 0 Å². The first-order valence-corrected chi connectivity index (χ1v) is 6.13. The van der Waals surface area contributed by atoms with Crippen LogP contribution >= 0.6 is 0 Å². The van der Waals surface area contributed by atoms with Gasteiger partial charge in [-0.3, -0.25) is 4.79 Å². The fraction of sp³-hybridized carbons (Fsp3) is 0. The van der Waals surface area contributed by atoms with Gasteiger partial charge in [0.1, 0.15) is 12.1 Å². The van der Waals surface area contributed by atoms with E-state index in [1.165, 1.54) is 12.1 Å². The van der Waals surface area contributed by atoms with Gasteiger partial charge in [0.15, 0.2) is 17.1 Å². The van der Waals surface area contributed by atoms with E-state index in [1.807, 2.05) is 0 Å². The number of nitriles is 2. The Hall–Kier alpha value is -3.37. The highest BCUT2D eigenvalue weighted by molar-refractivity contribution is 5.72. The second-order valence-electron chi connectivity index (χ2n) is 4.04. The van der Waals surface area contributed by atoms with E-state index < -0.39 is 0 Å². The van der Waals surface area contributed by atoms with Crippen molar-refractivity contribution in [3.05, 3.63) is 82.0 Å². The second-order valence-corrected chi connectivity index (χ2v) is 4.04. The highest BCUT2D eigenvalue weighted by Gasteiger charge is 2.13. The van der Waals surface area contributed by atoms with Gasteiger partial charge in [-0.1, -0.05) is 48.5 Å². The molecule has 21 heavy (non-hydrogen) atoms. The molecule has 0 spiro atoms. The predicted molar refractivity (Wildman–Crippen MR) is 77.9 cm³/mol. The molecule has 0 fully saturated rings. The van der Waals surface area contributed by atoms with E-state index in [0.29, 0.717) is 5.56 Å². The van der Waals surface area contributed by atoms with Gasteiger partial charge in [-0.25, -0.2) is 0 Å². The van der Waals surface area contributed by atoms with Crippen molar-refractivity contribution in [1.82, 2.24) is 0 Å². The van der Waals surface area contributed by atoms with Crippen LogP contribution < -0.4 is 10.2 Å². The summed E-state index contributed by atoms with van der Waals surface area (Å²) < 4.78 is 5.56. The predicted octanol–water partition coefficient (Wildman–Crippen LogP) is 2.88. The van der Waals surface area contributed by atoms with Crippen LogP contribution in [0.4, 0.5) is 0 Å². The topological polar surface area (TPSA) is 73.9 Å². The highest BCUT2D eigenvalue weighted by Crippen LogP contribution is 2.21. The zero-order valence-corrected chi connectivity index (χ0v) is 11.0. The van der Waals surface area contributed by atoms with Gasteiger partial charge in [0.25, 0.3) is 0 Å². The zero-order valence-electron chi connectivity index (χ0n) is 11.0. The molecule has 0 bridgehead atoms. The Morgan fingerprint density at radius 2 is 1.43 bits per heavy atom. The third-order valence-electron chi connectivity index (χ3n) is 2.66. The molecule has 0 unspecified atom stereocenters. The average molecular weight is 274 g/mol. The van der Waals surface area contributed by atoms with Crippen LogP contribution in [-0.2, 0) is 0 Å². The van der Waals surface area contributed by atoms with Gasteiger partial charge in [0.05, 0.1) is 0 Å². The van der Waals surface area contributed by atoms with Crippen LogP contribution in [0.25, 0.3) is 5.76 Å². The molecule has 0 radical (unpaired) electrons. The van der Waals surface area contributed by atoms with Crippen LogP contribution in [0.15, 0.2) is 71.0 Å². The summed E-state index contributed by atoms with van der Waals surface area (Å²) in [6.45, 7) is 0. The summed E-state index contributed by atoms with van der Waals surface area (Å²) in [4.78, 5) is 11.9. The number of hydrogen-bond acceptors (Lipinski definition) is 4. The van der Waals surface area contributed by atoms with Gasteiger partial charge >= 0.3 is 0 Å². The molecule has 0 aromatic heterocycles. The lowest BCUT2D eigenvalue weighted by Crippen LogP contribution is -2.05. The van der Waals surface area contributed by atoms with Gasteiger partial charge < -0.3 is 4.74 Å². The Bertz CT molecular complexity index is 796. The number of hydrogen-bond donors (Lipinski definition) is 0. The van der Waals surface area contributed by atoms with Crippen LogP contribution in [0.5, 0.6) is 5.75 Å². The molecular formula is C17H10N2O2. The molecule has 0 aliphatic rings. The van der Waals surface area contributed by atoms with Crippen LogP contribution in [0.2, 0.25) is 0 Å². The van der Waals surface area contributed by atoms with Gasteiger partial charge in [0, 0.05) is 5.56 Å². The first kappa shape index (κ1) is 14.0. The van der Waals surface area contributed by atoms with Crippen LogP contribution in [0, 0.1) is 22.7 Å². The average Bonchev–Trinajstić information content (AvgIpc) is 2.73. The Morgan fingerprint density at radius 3 is 2.05 bits per heavy atom. The summed E-state index contributed by atoms with van der Waals surface area (Å²) >= 11 is 0. The van der Waals surface area contributed by atoms with Gasteiger partial charge in [-0.2, -0.15) is 10.5 Å². The number of nitrogens with zero attached hydrogens (tertiary/aromatic N) is 2. The van der Waals surface area contributed by atoms with Crippen molar-refractivity contribution in [3.8, 4) is 17.9 Å². The minimum absolute atomic E-state index is 0.0573. The van der Waals surface area contributed by atoms with E-state index in [1.54, 1.807) is 60.7 Å². The molecule has 100 valence electrons. The molecule has 0 heterocycles. The van der Waals surface area contributed by atoms with Crippen LogP contribution in [0.1, 0.15) is 5.56 Å². The summed E-state index contributed by atoms with van der Waals surface area (Å²) in [5.41, 5.74) is 0.0391. The minimum atomic E-state index is -0.330. The number of allylic oxidation sites excluding steroid dienone is 1. The van der Waals surface area contributed by atoms with E-state index in [4.69, 9.17) is 15.3 Å². The standard InChI is InChI=1S/C17H10N2O2/c18-11-14(12-19)17(13-7-3-1-4-8-13)21-16-10-6-2-5-9-15(16)20/h1-10H. The quantitative estimate of drug-likeness (QED) is 0.637.